The van der Waals surface area contributed by atoms with E-state index < -0.39 is 0 Å². The molecule has 9 aromatic carbocycles. The van der Waals surface area contributed by atoms with Crippen LogP contribution >= 0.6 is 0 Å². The molecule has 0 aliphatic heterocycles. The van der Waals surface area contributed by atoms with Crippen LogP contribution in [-0.2, 0) is 0 Å². The number of hydrogen-bond acceptors (Lipinski definition) is 2. The first-order valence-electron chi connectivity index (χ1n) is 16.7. The Morgan fingerprint density at radius 3 is 1.45 bits per heavy atom. The van der Waals surface area contributed by atoms with E-state index in [1.165, 1.54) is 65.3 Å². The molecule has 0 N–H and O–H groups in total. The first kappa shape index (κ1) is 27.5. The van der Waals surface area contributed by atoms with Gasteiger partial charge in [-0.05, 0) is 83.5 Å². The highest BCUT2D eigenvalue weighted by Crippen LogP contribution is 2.43. The maximum absolute atomic E-state index is 4.71. The van der Waals surface area contributed by atoms with Gasteiger partial charge in [0.25, 0.3) is 0 Å². The Hall–Kier alpha value is -6.58. The molecular weight excluding hydrogens is 595 g/mol. The van der Waals surface area contributed by atoms with Crippen molar-refractivity contribution in [1.29, 1.82) is 0 Å². The standard InChI is InChI=1S/C46H29N3/c1-3-10-34(11-4-1)45-47-48-46(49(45)38-13-5-2-6-14-38)35-18-16-31(17-19-35)39-25-21-32-24-28-42-40(26-22-33-23-27-41(39)43(32)44(33)42)37-20-15-30-9-7-8-12-36(30)29-37/h1-29H. The third-order valence-electron chi connectivity index (χ3n) is 9.89. The van der Waals surface area contributed by atoms with Gasteiger partial charge in [-0.1, -0.05) is 158 Å². The van der Waals surface area contributed by atoms with Crippen LogP contribution in [0.15, 0.2) is 176 Å². The minimum atomic E-state index is 0.813. The quantitative estimate of drug-likeness (QED) is 0.179. The number of hydrogen-bond donors (Lipinski definition) is 0. The van der Waals surface area contributed by atoms with E-state index in [1.54, 1.807) is 0 Å². The van der Waals surface area contributed by atoms with E-state index in [2.05, 4.69) is 161 Å². The van der Waals surface area contributed by atoms with Crippen LogP contribution in [-0.4, -0.2) is 14.8 Å². The van der Waals surface area contributed by atoms with Crippen molar-refractivity contribution in [3.63, 3.8) is 0 Å². The van der Waals surface area contributed by atoms with Crippen molar-refractivity contribution in [3.05, 3.63) is 176 Å². The minimum absolute atomic E-state index is 0.813. The molecule has 10 rings (SSSR count). The molecule has 0 aliphatic carbocycles. The monoisotopic (exact) mass is 623 g/mol. The van der Waals surface area contributed by atoms with E-state index in [4.69, 9.17) is 5.10 Å². The summed E-state index contributed by atoms with van der Waals surface area (Å²) >= 11 is 0. The van der Waals surface area contributed by atoms with Crippen LogP contribution in [0.1, 0.15) is 0 Å². The van der Waals surface area contributed by atoms with Crippen LogP contribution < -0.4 is 0 Å². The van der Waals surface area contributed by atoms with E-state index in [0.717, 1.165) is 28.5 Å². The normalized spacial score (nSPS) is 11.7. The Morgan fingerprint density at radius 1 is 0.327 bits per heavy atom. The van der Waals surface area contributed by atoms with Crippen molar-refractivity contribution in [2.45, 2.75) is 0 Å². The summed E-state index contributed by atoms with van der Waals surface area (Å²) in [6.07, 6.45) is 0. The number of fused-ring (bicyclic) bond motifs is 1. The topological polar surface area (TPSA) is 30.7 Å². The summed E-state index contributed by atoms with van der Waals surface area (Å²) in [5.41, 5.74) is 7.97. The summed E-state index contributed by atoms with van der Waals surface area (Å²) in [5, 5.41) is 19.6. The Morgan fingerprint density at radius 2 is 0.796 bits per heavy atom. The highest BCUT2D eigenvalue weighted by Gasteiger charge is 2.18. The van der Waals surface area contributed by atoms with Gasteiger partial charge in [0.05, 0.1) is 0 Å². The average Bonchev–Trinajstić information content (AvgIpc) is 3.63. The largest absolute Gasteiger partial charge is 0.275 e. The van der Waals surface area contributed by atoms with Crippen molar-refractivity contribution in [3.8, 4) is 50.7 Å². The summed E-state index contributed by atoms with van der Waals surface area (Å²) in [5.74, 6) is 1.63. The van der Waals surface area contributed by atoms with Gasteiger partial charge in [-0.15, -0.1) is 10.2 Å². The van der Waals surface area contributed by atoms with Crippen molar-refractivity contribution in [1.82, 2.24) is 14.8 Å². The lowest BCUT2D eigenvalue weighted by atomic mass is 9.87. The summed E-state index contributed by atoms with van der Waals surface area (Å²) in [4.78, 5) is 0. The van der Waals surface area contributed by atoms with Gasteiger partial charge >= 0.3 is 0 Å². The second-order valence-corrected chi connectivity index (χ2v) is 12.7. The molecule has 1 heterocycles. The predicted octanol–water partition coefficient (Wildman–Crippen LogP) is 12.0. The van der Waals surface area contributed by atoms with E-state index >= 15 is 0 Å². The van der Waals surface area contributed by atoms with Crippen LogP contribution in [0.25, 0.3) is 93.8 Å². The smallest absolute Gasteiger partial charge is 0.168 e. The fourth-order valence-electron chi connectivity index (χ4n) is 7.53. The Labute approximate surface area is 283 Å². The van der Waals surface area contributed by atoms with Crippen molar-refractivity contribution < 1.29 is 0 Å². The van der Waals surface area contributed by atoms with Crippen LogP contribution in [0.4, 0.5) is 0 Å². The number of nitrogens with zero attached hydrogens (tertiary/aromatic N) is 3. The van der Waals surface area contributed by atoms with Gasteiger partial charge < -0.3 is 0 Å². The highest BCUT2D eigenvalue weighted by molar-refractivity contribution is 6.27. The Balaban J connectivity index is 1.10. The first-order chi connectivity index (χ1) is 24.3. The van der Waals surface area contributed by atoms with Crippen LogP contribution in [0.3, 0.4) is 0 Å². The minimum Gasteiger partial charge on any atom is -0.275 e. The van der Waals surface area contributed by atoms with Gasteiger partial charge in [0.15, 0.2) is 11.6 Å². The van der Waals surface area contributed by atoms with Gasteiger partial charge in [0, 0.05) is 16.8 Å². The average molecular weight is 624 g/mol. The van der Waals surface area contributed by atoms with Gasteiger partial charge in [0.1, 0.15) is 0 Å². The molecule has 3 nitrogen and oxygen atoms in total. The van der Waals surface area contributed by atoms with Gasteiger partial charge in [-0.3, -0.25) is 4.57 Å². The molecule has 0 amide bonds. The second kappa shape index (κ2) is 11.0. The third kappa shape index (κ3) is 4.44. The molecular formula is C46H29N3. The summed E-state index contributed by atoms with van der Waals surface area (Å²) < 4.78 is 2.15. The lowest BCUT2D eigenvalue weighted by Crippen LogP contribution is -2.00. The summed E-state index contributed by atoms with van der Waals surface area (Å²) in [6, 6.07) is 63.0. The van der Waals surface area contributed by atoms with Crippen LogP contribution in [0, 0.1) is 0 Å². The SMILES string of the molecule is c1ccc(-c2nnc(-c3ccc(-c4ccc5ccc6c(-c7ccc8ccccc8c7)ccc7ccc4c5c76)cc3)n2-c2ccccc2)cc1. The van der Waals surface area contributed by atoms with E-state index in [9.17, 15) is 0 Å². The maximum atomic E-state index is 4.71. The molecule has 0 saturated carbocycles. The lowest BCUT2D eigenvalue weighted by molar-refractivity contribution is 1.07. The molecule has 0 unspecified atom stereocenters. The molecule has 0 spiro atoms. The zero-order valence-corrected chi connectivity index (χ0v) is 26.6. The fraction of sp³-hybridized carbons (Fsp3) is 0. The zero-order valence-electron chi connectivity index (χ0n) is 26.6. The molecule has 0 atom stereocenters. The number of benzene rings is 9. The van der Waals surface area contributed by atoms with Crippen LogP contribution in [0.5, 0.6) is 0 Å². The molecule has 3 heteroatoms. The zero-order chi connectivity index (χ0) is 32.3. The summed E-state index contributed by atoms with van der Waals surface area (Å²) in [7, 11) is 0. The fourth-order valence-corrected chi connectivity index (χ4v) is 7.53. The lowest BCUT2D eigenvalue weighted by Gasteiger charge is -2.17. The van der Waals surface area contributed by atoms with Crippen molar-refractivity contribution in [2.75, 3.05) is 0 Å². The molecule has 0 fully saturated rings. The maximum Gasteiger partial charge on any atom is 0.168 e. The Kier molecular flexibility index (Phi) is 6.18. The number of rotatable bonds is 5. The molecule has 228 valence electrons. The highest BCUT2D eigenvalue weighted by atomic mass is 15.3. The molecule has 49 heavy (non-hydrogen) atoms. The van der Waals surface area contributed by atoms with Gasteiger partial charge in [-0.25, -0.2) is 0 Å². The molecule has 0 radical (unpaired) electrons. The molecule has 0 aliphatic rings. The van der Waals surface area contributed by atoms with Gasteiger partial charge in [0.2, 0.25) is 0 Å². The van der Waals surface area contributed by atoms with Gasteiger partial charge in [-0.2, -0.15) is 0 Å². The molecule has 0 bridgehead atoms. The predicted molar refractivity (Wildman–Crippen MR) is 204 cm³/mol. The summed E-state index contributed by atoms with van der Waals surface area (Å²) in [6.45, 7) is 0. The number of aromatic nitrogens is 3. The van der Waals surface area contributed by atoms with E-state index in [1.807, 2.05) is 24.3 Å². The molecule has 10 aromatic rings. The van der Waals surface area contributed by atoms with Crippen molar-refractivity contribution >= 4 is 43.1 Å². The molecule has 0 saturated heterocycles. The van der Waals surface area contributed by atoms with Crippen molar-refractivity contribution in [2.24, 2.45) is 0 Å². The van der Waals surface area contributed by atoms with E-state index in [0.29, 0.717) is 0 Å². The first-order valence-corrected chi connectivity index (χ1v) is 16.7. The van der Waals surface area contributed by atoms with E-state index in [-0.39, 0.29) is 0 Å². The Bertz CT molecular complexity index is 2800. The number of para-hydroxylation sites is 1. The second-order valence-electron chi connectivity index (χ2n) is 12.7. The third-order valence-corrected chi connectivity index (χ3v) is 9.89. The van der Waals surface area contributed by atoms with Crippen LogP contribution in [0.2, 0.25) is 0 Å². The molecule has 1 aromatic heterocycles.